The molecule has 0 N–H and O–H groups in total. The van der Waals surface area contributed by atoms with Crippen LogP contribution in [-0.4, -0.2) is 61.0 Å². The van der Waals surface area contributed by atoms with Crippen LogP contribution in [0.2, 0.25) is 0 Å². The van der Waals surface area contributed by atoms with Gasteiger partial charge in [0.1, 0.15) is 0 Å². The molecule has 0 radical (unpaired) electrons. The average Bonchev–Trinajstić information content (AvgIpc) is 2.86. The van der Waals surface area contributed by atoms with Crippen LogP contribution in [0.25, 0.3) is 0 Å². The van der Waals surface area contributed by atoms with Crippen LogP contribution >= 0.6 is 23.5 Å². The standard InChI is InChI=1S/C29H56O4S2/c1-5-7-9-11-13-15-17-34-25(3)19-27-30-21-29(22-31-27)23-32-28(33-24-29)20-26(4)35-18-16-14-12-10-8-6-2/h25-28H,5-24H2,1-4H3. The summed E-state index contributed by atoms with van der Waals surface area (Å²) >= 11 is 4.13. The van der Waals surface area contributed by atoms with Gasteiger partial charge in [-0.1, -0.05) is 91.9 Å². The SMILES string of the molecule is CCCCCCCCSC(C)CC1OCC2(CO1)COC(CC(C)SCCCCCCCC)OC2. The Morgan fingerprint density at radius 2 is 0.914 bits per heavy atom. The van der Waals surface area contributed by atoms with Gasteiger partial charge in [0.15, 0.2) is 12.6 Å². The fourth-order valence-corrected chi connectivity index (χ4v) is 6.84. The van der Waals surface area contributed by atoms with Crippen LogP contribution < -0.4 is 0 Å². The highest BCUT2D eigenvalue weighted by atomic mass is 32.2. The first-order chi connectivity index (χ1) is 17.1. The number of thioether (sulfide) groups is 2. The summed E-state index contributed by atoms with van der Waals surface area (Å²) in [5.41, 5.74) is -0.128. The Balaban J connectivity index is 1.49. The molecule has 2 aliphatic rings. The molecule has 1 spiro atoms. The molecule has 0 aromatic rings. The van der Waals surface area contributed by atoms with E-state index in [2.05, 4.69) is 51.2 Å². The van der Waals surface area contributed by atoms with Gasteiger partial charge in [-0.3, -0.25) is 0 Å². The maximum atomic E-state index is 6.13. The second-order valence-corrected chi connectivity index (χ2v) is 14.1. The lowest BCUT2D eigenvalue weighted by atomic mass is 9.90. The third kappa shape index (κ3) is 14.3. The molecule has 0 aromatic carbocycles. The molecule has 0 bridgehead atoms. The third-order valence-electron chi connectivity index (χ3n) is 7.15. The lowest BCUT2D eigenvalue weighted by molar-refractivity contribution is -0.303. The maximum absolute atomic E-state index is 6.13. The topological polar surface area (TPSA) is 36.9 Å². The highest BCUT2D eigenvalue weighted by Crippen LogP contribution is 2.34. The molecule has 2 aliphatic heterocycles. The quantitative estimate of drug-likeness (QED) is 0.146. The van der Waals surface area contributed by atoms with Crippen molar-refractivity contribution in [1.29, 1.82) is 0 Å². The zero-order valence-electron chi connectivity index (χ0n) is 23.4. The van der Waals surface area contributed by atoms with Gasteiger partial charge in [0.25, 0.3) is 0 Å². The Morgan fingerprint density at radius 3 is 1.29 bits per heavy atom. The Kier molecular flexibility index (Phi) is 17.8. The largest absolute Gasteiger partial charge is 0.352 e. The first kappa shape index (κ1) is 31.8. The molecule has 0 aliphatic carbocycles. The molecule has 208 valence electrons. The number of unbranched alkanes of at least 4 members (excludes halogenated alkanes) is 10. The first-order valence-corrected chi connectivity index (χ1v) is 16.9. The van der Waals surface area contributed by atoms with Gasteiger partial charge in [-0.25, -0.2) is 0 Å². The minimum atomic E-state index is -0.128. The predicted molar refractivity (Wildman–Crippen MR) is 154 cm³/mol. The van der Waals surface area contributed by atoms with Crippen molar-refractivity contribution < 1.29 is 18.9 Å². The fraction of sp³-hybridized carbons (Fsp3) is 1.00. The van der Waals surface area contributed by atoms with Crippen molar-refractivity contribution in [3.05, 3.63) is 0 Å². The molecule has 0 aromatic heterocycles. The van der Waals surface area contributed by atoms with Crippen molar-refractivity contribution in [2.45, 2.75) is 141 Å². The van der Waals surface area contributed by atoms with Crippen LogP contribution in [0, 0.1) is 5.41 Å². The number of ether oxygens (including phenoxy) is 4. The van der Waals surface area contributed by atoms with E-state index in [0.717, 1.165) is 12.8 Å². The summed E-state index contributed by atoms with van der Waals surface area (Å²) in [6, 6.07) is 0. The molecule has 2 unspecified atom stereocenters. The van der Waals surface area contributed by atoms with Gasteiger partial charge in [-0.15, -0.1) is 0 Å². The van der Waals surface area contributed by atoms with Crippen LogP contribution in [0.15, 0.2) is 0 Å². The molecule has 2 heterocycles. The van der Waals surface area contributed by atoms with E-state index < -0.39 is 0 Å². The highest BCUT2D eigenvalue weighted by Gasteiger charge is 2.42. The highest BCUT2D eigenvalue weighted by molar-refractivity contribution is 8.00. The summed E-state index contributed by atoms with van der Waals surface area (Å²) in [6.45, 7) is 11.9. The van der Waals surface area contributed by atoms with E-state index in [-0.39, 0.29) is 18.0 Å². The number of rotatable bonds is 20. The van der Waals surface area contributed by atoms with E-state index >= 15 is 0 Å². The van der Waals surface area contributed by atoms with Gasteiger partial charge in [0.2, 0.25) is 0 Å². The van der Waals surface area contributed by atoms with E-state index in [4.69, 9.17) is 18.9 Å². The smallest absolute Gasteiger partial charge is 0.158 e. The molecule has 6 heteroatoms. The first-order valence-electron chi connectivity index (χ1n) is 14.8. The van der Waals surface area contributed by atoms with Crippen LogP contribution in [0.5, 0.6) is 0 Å². The van der Waals surface area contributed by atoms with Crippen LogP contribution in [0.4, 0.5) is 0 Å². The molecule has 35 heavy (non-hydrogen) atoms. The Morgan fingerprint density at radius 1 is 0.571 bits per heavy atom. The summed E-state index contributed by atoms with van der Waals surface area (Å²) in [5.74, 6) is 2.51. The van der Waals surface area contributed by atoms with Gasteiger partial charge in [0, 0.05) is 23.3 Å². The van der Waals surface area contributed by atoms with E-state index in [1.165, 1.54) is 88.6 Å². The van der Waals surface area contributed by atoms with Gasteiger partial charge in [-0.05, 0) is 24.3 Å². The second-order valence-electron chi connectivity index (χ2n) is 11.0. The molecular weight excluding hydrogens is 476 g/mol. The molecule has 4 nitrogen and oxygen atoms in total. The van der Waals surface area contributed by atoms with Crippen molar-refractivity contribution in [3.8, 4) is 0 Å². The molecule has 2 saturated heterocycles. The molecule has 2 fully saturated rings. The molecule has 0 amide bonds. The molecular formula is C29H56O4S2. The zero-order valence-corrected chi connectivity index (χ0v) is 25.0. The van der Waals surface area contributed by atoms with Crippen LogP contribution in [0.3, 0.4) is 0 Å². The Labute approximate surface area is 226 Å². The van der Waals surface area contributed by atoms with Crippen molar-refractivity contribution in [3.63, 3.8) is 0 Å². The predicted octanol–water partition coefficient (Wildman–Crippen LogP) is 8.46. The summed E-state index contributed by atoms with van der Waals surface area (Å²) in [5, 5.41) is 1.14. The Hall–Kier alpha value is 0.540. The second kappa shape index (κ2) is 19.6. The van der Waals surface area contributed by atoms with Crippen LogP contribution in [0.1, 0.15) is 118 Å². The fourth-order valence-electron chi connectivity index (χ4n) is 4.71. The van der Waals surface area contributed by atoms with Gasteiger partial charge >= 0.3 is 0 Å². The monoisotopic (exact) mass is 532 g/mol. The average molecular weight is 533 g/mol. The van der Waals surface area contributed by atoms with E-state index in [9.17, 15) is 0 Å². The minimum absolute atomic E-state index is 0.0798. The summed E-state index contributed by atoms with van der Waals surface area (Å²) in [4.78, 5) is 0. The molecule has 2 rings (SSSR count). The maximum Gasteiger partial charge on any atom is 0.158 e. The number of hydrogen-bond donors (Lipinski definition) is 0. The van der Waals surface area contributed by atoms with Gasteiger partial charge in [0.05, 0.1) is 31.8 Å². The van der Waals surface area contributed by atoms with Gasteiger partial charge < -0.3 is 18.9 Å². The summed E-state index contributed by atoms with van der Waals surface area (Å²) < 4.78 is 24.5. The molecule has 2 atom stereocenters. The van der Waals surface area contributed by atoms with E-state index in [0.29, 0.717) is 36.9 Å². The van der Waals surface area contributed by atoms with E-state index in [1.807, 2.05) is 0 Å². The third-order valence-corrected chi connectivity index (χ3v) is 9.72. The Bertz CT molecular complexity index is 444. The van der Waals surface area contributed by atoms with Crippen molar-refractivity contribution in [1.82, 2.24) is 0 Å². The van der Waals surface area contributed by atoms with Gasteiger partial charge in [-0.2, -0.15) is 23.5 Å². The lowest BCUT2D eigenvalue weighted by Crippen LogP contribution is -2.52. The number of hydrogen-bond acceptors (Lipinski definition) is 6. The van der Waals surface area contributed by atoms with Crippen molar-refractivity contribution in [2.24, 2.45) is 5.41 Å². The molecule has 0 saturated carbocycles. The van der Waals surface area contributed by atoms with Crippen molar-refractivity contribution >= 4 is 23.5 Å². The lowest BCUT2D eigenvalue weighted by Gasteiger charge is -2.44. The summed E-state index contributed by atoms with van der Waals surface area (Å²) in [6.07, 6.45) is 18.2. The zero-order chi connectivity index (χ0) is 25.2. The normalized spacial score (nSPS) is 26.7. The van der Waals surface area contributed by atoms with E-state index in [1.54, 1.807) is 0 Å². The minimum Gasteiger partial charge on any atom is -0.352 e. The van der Waals surface area contributed by atoms with Crippen molar-refractivity contribution in [2.75, 3.05) is 37.9 Å². The van der Waals surface area contributed by atoms with Crippen LogP contribution in [-0.2, 0) is 18.9 Å². The summed E-state index contributed by atoms with van der Waals surface area (Å²) in [7, 11) is 0.